The maximum Gasteiger partial charge on any atom is 0.0575 e. The Morgan fingerprint density at radius 3 is 2.35 bits per heavy atom. The fourth-order valence-electron chi connectivity index (χ4n) is 2.20. The van der Waals surface area contributed by atoms with E-state index in [1.165, 1.54) is 0 Å². The maximum absolute atomic E-state index is 12.5. The van der Waals surface area contributed by atoms with Crippen LogP contribution in [0, 0.1) is 0 Å². The van der Waals surface area contributed by atoms with Crippen molar-refractivity contribution in [3.63, 3.8) is 0 Å². The monoisotopic (exact) mass is 281 g/mol. The number of nitrogens with two attached hydrogens (primary N) is 1. The summed E-state index contributed by atoms with van der Waals surface area (Å²) >= 11 is 0. The molecule has 3 aromatic rings. The normalized spacial score (nSPS) is 12.4. The van der Waals surface area contributed by atoms with Crippen molar-refractivity contribution in [2.45, 2.75) is 10.6 Å². The lowest BCUT2D eigenvalue weighted by molar-refractivity contribution is 0.683. The molecule has 0 aliphatic carbocycles. The molecule has 0 saturated heterocycles. The molecule has 0 radical (unpaired) electrons. The summed E-state index contributed by atoms with van der Waals surface area (Å²) in [5.41, 5.74) is 7.53. The van der Waals surface area contributed by atoms with Crippen LogP contribution in [0.15, 0.2) is 71.6 Å². The maximum atomic E-state index is 12.5. The SMILES string of the molecule is Nc1ccccc1CS(=O)c1ccc2ccccc2c1. The molecule has 3 rings (SSSR count). The van der Waals surface area contributed by atoms with E-state index in [4.69, 9.17) is 5.73 Å². The Hall–Kier alpha value is -2.13. The zero-order valence-corrected chi connectivity index (χ0v) is 11.8. The van der Waals surface area contributed by atoms with Crippen LogP contribution in [0.2, 0.25) is 0 Å². The van der Waals surface area contributed by atoms with Crippen molar-refractivity contribution < 1.29 is 4.21 Å². The molecular weight excluding hydrogens is 266 g/mol. The fourth-order valence-corrected chi connectivity index (χ4v) is 3.39. The van der Waals surface area contributed by atoms with Crippen molar-refractivity contribution in [3.05, 3.63) is 72.3 Å². The molecule has 0 amide bonds. The third kappa shape index (κ3) is 2.58. The average Bonchev–Trinajstić information content (AvgIpc) is 2.49. The predicted octanol–water partition coefficient (Wildman–Crippen LogP) is 3.73. The van der Waals surface area contributed by atoms with Crippen LogP contribution in [0.1, 0.15) is 5.56 Å². The molecule has 0 saturated carbocycles. The fraction of sp³-hybridized carbons (Fsp3) is 0.0588. The van der Waals surface area contributed by atoms with Gasteiger partial charge in [0.05, 0.1) is 16.6 Å². The number of hydrogen-bond donors (Lipinski definition) is 1. The number of rotatable bonds is 3. The summed E-state index contributed by atoms with van der Waals surface area (Å²) in [6.45, 7) is 0. The number of benzene rings is 3. The smallest absolute Gasteiger partial charge is 0.0575 e. The second-order valence-electron chi connectivity index (χ2n) is 4.70. The second kappa shape index (κ2) is 5.47. The van der Waals surface area contributed by atoms with Crippen molar-refractivity contribution in [3.8, 4) is 0 Å². The van der Waals surface area contributed by atoms with E-state index in [0.29, 0.717) is 11.4 Å². The summed E-state index contributed by atoms with van der Waals surface area (Å²) in [7, 11) is -1.08. The van der Waals surface area contributed by atoms with Gasteiger partial charge in [0.25, 0.3) is 0 Å². The first kappa shape index (κ1) is 12.9. The van der Waals surface area contributed by atoms with Crippen molar-refractivity contribution in [2.24, 2.45) is 0 Å². The average molecular weight is 281 g/mol. The van der Waals surface area contributed by atoms with E-state index in [9.17, 15) is 4.21 Å². The Balaban J connectivity index is 1.91. The highest BCUT2D eigenvalue weighted by molar-refractivity contribution is 7.84. The van der Waals surface area contributed by atoms with Gasteiger partial charge in [-0.25, -0.2) is 0 Å². The van der Waals surface area contributed by atoms with Gasteiger partial charge in [0, 0.05) is 10.6 Å². The zero-order chi connectivity index (χ0) is 13.9. The first-order valence-electron chi connectivity index (χ1n) is 6.44. The van der Waals surface area contributed by atoms with Gasteiger partial charge in [0.15, 0.2) is 0 Å². The summed E-state index contributed by atoms with van der Waals surface area (Å²) in [6, 6.07) is 21.6. The molecule has 0 fully saturated rings. The van der Waals surface area contributed by atoms with E-state index in [-0.39, 0.29) is 0 Å². The van der Waals surface area contributed by atoms with Crippen molar-refractivity contribution in [1.82, 2.24) is 0 Å². The van der Waals surface area contributed by atoms with E-state index in [0.717, 1.165) is 21.2 Å². The highest BCUT2D eigenvalue weighted by Crippen LogP contribution is 2.21. The topological polar surface area (TPSA) is 43.1 Å². The molecule has 0 heterocycles. The number of fused-ring (bicyclic) bond motifs is 1. The van der Waals surface area contributed by atoms with Crippen LogP contribution < -0.4 is 5.73 Å². The van der Waals surface area contributed by atoms with Gasteiger partial charge in [0.2, 0.25) is 0 Å². The van der Waals surface area contributed by atoms with Gasteiger partial charge in [-0.05, 0) is 34.5 Å². The van der Waals surface area contributed by atoms with E-state index in [1.807, 2.05) is 60.7 Å². The van der Waals surface area contributed by atoms with Gasteiger partial charge >= 0.3 is 0 Å². The Morgan fingerprint density at radius 2 is 1.55 bits per heavy atom. The van der Waals surface area contributed by atoms with Crippen molar-refractivity contribution >= 4 is 27.3 Å². The van der Waals surface area contributed by atoms with Gasteiger partial charge in [-0.15, -0.1) is 0 Å². The Bertz CT molecular complexity index is 783. The van der Waals surface area contributed by atoms with Crippen LogP contribution in [0.3, 0.4) is 0 Å². The second-order valence-corrected chi connectivity index (χ2v) is 6.15. The molecule has 0 aliphatic rings. The number of nitrogen functional groups attached to an aromatic ring is 1. The van der Waals surface area contributed by atoms with Crippen LogP contribution in [0.5, 0.6) is 0 Å². The van der Waals surface area contributed by atoms with Crippen LogP contribution in [0.4, 0.5) is 5.69 Å². The predicted molar refractivity (Wildman–Crippen MR) is 84.9 cm³/mol. The summed E-state index contributed by atoms with van der Waals surface area (Å²) < 4.78 is 12.5. The minimum atomic E-state index is -1.08. The number of hydrogen-bond acceptors (Lipinski definition) is 2. The van der Waals surface area contributed by atoms with Gasteiger partial charge < -0.3 is 5.73 Å². The van der Waals surface area contributed by atoms with Gasteiger partial charge in [0.1, 0.15) is 0 Å². The molecule has 20 heavy (non-hydrogen) atoms. The molecule has 0 bridgehead atoms. The van der Waals surface area contributed by atoms with E-state index in [1.54, 1.807) is 0 Å². The molecule has 3 aromatic carbocycles. The molecule has 1 unspecified atom stereocenters. The molecule has 2 N–H and O–H groups in total. The Morgan fingerprint density at radius 1 is 0.850 bits per heavy atom. The molecule has 2 nitrogen and oxygen atoms in total. The minimum absolute atomic E-state index is 0.449. The highest BCUT2D eigenvalue weighted by Gasteiger charge is 2.08. The molecule has 0 aliphatic heterocycles. The van der Waals surface area contributed by atoms with E-state index >= 15 is 0 Å². The molecule has 0 spiro atoms. The lowest BCUT2D eigenvalue weighted by Crippen LogP contribution is -2.00. The summed E-state index contributed by atoms with van der Waals surface area (Å²) in [6.07, 6.45) is 0. The lowest BCUT2D eigenvalue weighted by atomic mass is 10.1. The van der Waals surface area contributed by atoms with Crippen molar-refractivity contribution in [1.29, 1.82) is 0 Å². The van der Waals surface area contributed by atoms with Crippen LogP contribution in [-0.4, -0.2) is 4.21 Å². The third-order valence-corrected chi connectivity index (χ3v) is 4.68. The zero-order valence-electron chi connectivity index (χ0n) is 11.0. The van der Waals surface area contributed by atoms with E-state index in [2.05, 4.69) is 6.07 Å². The first-order chi connectivity index (χ1) is 9.74. The lowest BCUT2D eigenvalue weighted by Gasteiger charge is -2.06. The first-order valence-corrected chi connectivity index (χ1v) is 7.76. The van der Waals surface area contributed by atoms with Gasteiger partial charge in [-0.2, -0.15) is 0 Å². The molecule has 1 atom stereocenters. The summed E-state index contributed by atoms with van der Waals surface area (Å²) in [5, 5.41) is 2.27. The van der Waals surface area contributed by atoms with E-state index < -0.39 is 10.8 Å². The largest absolute Gasteiger partial charge is 0.398 e. The molecule has 0 aromatic heterocycles. The highest BCUT2D eigenvalue weighted by atomic mass is 32.2. The molecule has 3 heteroatoms. The van der Waals surface area contributed by atoms with Crippen molar-refractivity contribution in [2.75, 3.05) is 5.73 Å². The van der Waals surface area contributed by atoms with Gasteiger partial charge in [-0.1, -0.05) is 48.5 Å². The van der Waals surface area contributed by atoms with Crippen LogP contribution >= 0.6 is 0 Å². The van der Waals surface area contributed by atoms with Crippen LogP contribution in [0.25, 0.3) is 10.8 Å². The third-order valence-electron chi connectivity index (χ3n) is 3.33. The number of anilines is 1. The minimum Gasteiger partial charge on any atom is -0.398 e. The summed E-state index contributed by atoms with van der Waals surface area (Å²) in [4.78, 5) is 0.840. The standard InChI is InChI=1S/C17H15NOS/c18-17-8-4-3-7-15(17)12-20(19)16-10-9-13-5-1-2-6-14(13)11-16/h1-11H,12,18H2. The molecular formula is C17H15NOS. The molecule has 100 valence electrons. The summed E-state index contributed by atoms with van der Waals surface area (Å²) in [5.74, 6) is 0.449. The van der Waals surface area contributed by atoms with Crippen LogP contribution in [-0.2, 0) is 16.6 Å². The quantitative estimate of drug-likeness (QED) is 0.743. The van der Waals surface area contributed by atoms with Gasteiger partial charge in [-0.3, -0.25) is 4.21 Å². The Kier molecular flexibility index (Phi) is 3.52. The Labute approximate surface area is 120 Å². The number of para-hydroxylation sites is 1.